The Balaban J connectivity index is 2.37. The highest BCUT2D eigenvalue weighted by atomic mass is 16.5. The number of nitrogens with zero attached hydrogens (tertiary/aromatic N) is 1. The Kier molecular flexibility index (Phi) is 5.99. The van der Waals surface area contributed by atoms with Crippen molar-refractivity contribution in [2.75, 3.05) is 13.7 Å². The summed E-state index contributed by atoms with van der Waals surface area (Å²) >= 11 is 0. The minimum absolute atomic E-state index is 0.0124. The van der Waals surface area contributed by atoms with Crippen molar-refractivity contribution in [3.8, 4) is 0 Å². The second-order valence-electron chi connectivity index (χ2n) is 6.12. The monoisotopic (exact) mass is 285 g/mol. The number of carboxylic acids is 1. The highest BCUT2D eigenvalue weighted by Gasteiger charge is 2.51. The van der Waals surface area contributed by atoms with Crippen molar-refractivity contribution in [2.45, 2.75) is 65.0 Å². The van der Waals surface area contributed by atoms with Gasteiger partial charge >= 0.3 is 5.97 Å². The number of unbranched alkanes of at least 4 members (excludes halogenated alkanes) is 1. The Morgan fingerprint density at radius 3 is 2.40 bits per heavy atom. The Labute approximate surface area is 121 Å². The lowest BCUT2D eigenvalue weighted by molar-refractivity contribution is -0.163. The van der Waals surface area contributed by atoms with Crippen LogP contribution in [0.3, 0.4) is 0 Å². The summed E-state index contributed by atoms with van der Waals surface area (Å²) in [6.45, 7) is 6.96. The highest BCUT2D eigenvalue weighted by molar-refractivity contribution is 5.76. The van der Waals surface area contributed by atoms with Crippen LogP contribution in [0.5, 0.6) is 0 Å². The van der Waals surface area contributed by atoms with Crippen molar-refractivity contribution < 1.29 is 19.4 Å². The summed E-state index contributed by atoms with van der Waals surface area (Å²) in [5.41, 5.74) is -0.0124. The topological polar surface area (TPSA) is 66.8 Å². The van der Waals surface area contributed by atoms with Crippen LogP contribution in [0.1, 0.15) is 52.9 Å². The van der Waals surface area contributed by atoms with Gasteiger partial charge in [-0.2, -0.15) is 0 Å². The molecule has 0 bridgehead atoms. The van der Waals surface area contributed by atoms with Gasteiger partial charge in [0.25, 0.3) is 0 Å². The van der Waals surface area contributed by atoms with Gasteiger partial charge in [0.2, 0.25) is 5.91 Å². The predicted octanol–water partition coefficient (Wildman–Crippen LogP) is 2.29. The van der Waals surface area contributed by atoms with Crippen LogP contribution in [-0.4, -0.2) is 47.7 Å². The zero-order valence-electron chi connectivity index (χ0n) is 13.0. The molecule has 1 aliphatic carbocycles. The van der Waals surface area contributed by atoms with E-state index in [1.165, 1.54) is 0 Å². The third-order valence-electron chi connectivity index (χ3n) is 4.39. The van der Waals surface area contributed by atoms with Crippen molar-refractivity contribution in [1.82, 2.24) is 4.90 Å². The van der Waals surface area contributed by atoms with Crippen molar-refractivity contribution in [3.63, 3.8) is 0 Å². The van der Waals surface area contributed by atoms with Gasteiger partial charge in [0.05, 0.1) is 6.10 Å². The fourth-order valence-electron chi connectivity index (χ4n) is 2.91. The normalized spacial score (nSPS) is 24.0. The fourth-order valence-corrected chi connectivity index (χ4v) is 2.91. The van der Waals surface area contributed by atoms with Crippen LogP contribution in [0, 0.1) is 5.41 Å². The minimum Gasteiger partial charge on any atom is -0.481 e. The van der Waals surface area contributed by atoms with Crippen molar-refractivity contribution in [1.29, 1.82) is 0 Å². The molecule has 20 heavy (non-hydrogen) atoms. The first-order valence-electron chi connectivity index (χ1n) is 7.39. The molecule has 0 radical (unpaired) electrons. The van der Waals surface area contributed by atoms with Crippen LogP contribution in [-0.2, 0) is 14.3 Å². The molecule has 5 nitrogen and oxygen atoms in total. The van der Waals surface area contributed by atoms with Crippen LogP contribution in [0.25, 0.3) is 0 Å². The molecule has 0 aromatic rings. The summed E-state index contributed by atoms with van der Waals surface area (Å²) in [7, 11) is 1.84. The van der Waals surface area contributed by atoms with Gasteiger partial charge in [-0.25, -0.2) is 0 Å². The number of hydrogen-bond acceptors (Lipinski definition) is 3. The third kappa shape index (κ3) is 3.95. The number of ether oxygens (including phenoxy) is 1. The lowest BCUT2D eigenvalue weighted by atomic mass is 9.63. The Morgan fingerprint density at radius 2 is 1.90 bits per heavy atom. The first kappa shape index (κ1) is 17.0. The van der Waals surface area contributed by atoms with E-state index in [1.807, 2.05) is 18.9 Å². The average molecular weight is 285 g/mol. The summed E-state index contributed by atoms with van der Waals surface area (Å²) in [6.07, 6.45) is 2.87. The molecule has 0 spiro atoms. The van der Waals surface area contributed by atoms with Crippen molar-refractivity contribution in [2.24, 2.45) is 5.41 Å². The molecule has 0 aliphatic heterocycles. The lowest BCUT2D eigenvalue weighted by Crippen LogP contribution is -2.62. The van der Waals surface area contributed by atoms with Crippen LogP contribution in [0.2, 0.25) is 0 Å². The van der Waals surface area contributed by atoms with Gasteiger partial charge in [0.15, 0.2) is 0 Å². The predicted molar refractivity (Wildman–Crippen MR) is 76.5 cm³/mol. The van der Waals surface area contributed by atoms with E-state index in [1.54, 1.807) is 0 Å². The molecule has 0 saturated heterocycles. The number of rotatable bonds is 8. The fraction of sp³-hybridized carbons (Fsp3) is 0.867. The lowest BCUT2D eigenvalue weighted by Gasteiger charge is -2.54. The molecule has 0 heterocycles. The maximum absolute atomic E-state index is 12.1. The number of carbonyl (C=O) groups is 2. The molecule has 1 saturated carbocycles. The number of aliphatic carboxylic acids is 1. The molecule has 1 aliphatic rings. The second-order valence-corrected chi connectivity index (χ2v) is 6.12. The number of carbonyl (C=O) groups excluding carboxylic acids is 1. The highest BCUT2D eigenvalue weighted by Crippen LogP contribution is 2.45. The van der Waals surface area contributed by atoms with Gasteiger partial charge < -0.3 is 14.7 Å². The molecular formula is C15H27NO4. The SMILES string of the molecule is CCOC1CC(N(C)C(=O)CCCCC(=O)O)C1(C)C. The summed E-state index contributed by atoms with van der Waals surface area (Å²) in [5, 5.41) is 8.56. The van der Waals surface area contributed by atoms with E-state index in [4.69, 9.17) is 9.84 Å². The third-order valence-corrected chi connectivity index (χ3v) is 4.39. The zero-order chi connectivity index (χ0) is 15.3. The number of hydrogen-bond donors (Lipinski definition) is 1. The van der Waals surface area contributed by atoms with Gasteiger partial charge in [0, 0.05) is 38.0 Å². The maximum Gasteiger partial charge on any atom is 0.303 e. The summed E-state index contributed by atoms with van der Waals surface area (Å²) in [4.78, 5) is 24.3. The van der Waals surface area contributed by atoms with E-state index in [-0.39, 0.29) is 29.9 Å². The van der Waals surface area contributed by atoms with Gasteiger partial charge in [-0.05, 0) is 26.2 Å². The van der Waals surface area contributed by atoms with E-state index < -0.39 is 5.97 Å². The molecule has 5 heteroatoms. The second kappa shape index (κ2) is 7.07. The Hall–Kier alpha value is -1.10. The summed E-state index contributed by atoms with van der Waals surface area (Å²) < 4.78 is 5.67. The molecule has 2 atom stereocenters. The van der Waals surface area contributed by atoms with Gasteiger partial charge in [-0.3, -0.25) is 9.59 Å². The van der Waals surface area contributed by atoms with Crippen LogP contribution >= 0.6 is 0 Å². The Bertz CT molecular complexity index is 354. The first-order valence-corrected chi connectivity index (χ1v) is 7.39. The van der Waals surface area contributed by atoms with Crippen LogP contribution < -0.4 is 0 Å². The number of amides is 1. The minimum atomic E-state index is -0.800. The van der Waals surface area contributed by atoms with E-state index in [2.05, 4.69) is 13.8 Å². The molecule has 1 N–H and O–H groups in total. The van der Waals surface area contributed by atoms with E-state index in [0.717, 1.165) is 6.42 Å². The molecular weight excluding hydrogens is 258 g/mol. The van der Waals surface area contributed by atoms with E-state index in [0.29, 0.717) is 25.9 Å². The zero-order valence-corrected chi connectivity index (χ0v) is 13.0. The van der Waals surface area contributed by atoms with Crippen molar-refractivity contribution in [3.05, 3.63) is 0 Å². The van der Waals surface area contributed by atoms with E-state index in [9.17, 15) is 9.59 Å². The van der Waals surface area contributed by atoms with Crippen molar-refractivity contribution >= 4 is 11.9 Å². The van der Waals surface area contributed by atoms with Gasteiger partial charge in [-0.1, -0.05) is 13.8 Å². The molecule has 0 aromatic carbocycles. The molecule has 116 valence electrons. The quantitative estimate of drug-likeness (QED) is 0.695. The smallest absolute Gasteiger partial charge is 0.303 e. The van der Waals surface area contributed by atoms with Gasteiger partial charge in [-0.15, -0.1) is 0 Å². The van der Waals surface area contributed by atoms with E-state index >= 15 is 0 Å². The molecule has 0 aromatic heterocycles. The molecule has 2 unspecified atom stereocenters. The van der Waals surface area contributed by atoms with Gasteiger partial charge in [0.1, 0.15) is 0 Å². The summed E-state index contributed by atoms with van der Waals surface area (Å²) in [5.74, 6) is -0.700. The standard InChI is InChI=1S/C15H27NO4/c1-5-20-12-10-11(15(12,2)3)16(4)13(17)8-6-7-9-14(18)19/h11-12H,5-10H2,1-4H3,(H,18,19). The maximum atomic E-state index is 12.1. The molecule has 1 amide bonds. The average Bonchev–Trinajstić information content (AvgIpc) is 2.38. The molecule has 1 rings (SSSR count). The molecule has 1 fully saturated rings. The van der Waals surface area contributed by atoms with Crippen LogP contribution in [0.4, 0.5) is 0 Å². The van der Waals surface area contributed by atoms with Crippen LogP contribution in [0.15, 0.2) is 0 Å². The Morgan fingerprint density at radius 1 is 1.30 bits per heavy atom. The number of carboxylic acid groups (broad SMARTS) is 1. The summed E-state index contributed by atoms with van der Waals surface area (Å²) in [6, 6.07) is 0.214. The largest absolute Gasteiger partial charge is 0.481 e. The first-order chi connectivity index (χ1) is 9.30.